The van der Waals surface area contributed by atoms with Crippen LogP contribution in [0.3, 0.4) is 0 Å². The molecule has 0 aromatic rings. The lowest BCUT2D eigenvalue weighted by molar-refractivity contribution is -0.0648. The molecular formula is C33H62O2Si2. The van der Waals surface area contributed by atoms with Gasteiger partial charge in [0.2, 0.25) is 0 Å². The summed E-state index contributed by atoms with van der Waals surface area (Å²) in [4.78, 5) is 0. The highest BCUT2D eigenvalue weighted by Crippen LogP contribution is 2.67. The van der Waals surface area contributed by atoms with Crippen LogP contribution in [0.25, 0.3) is 0 Å². The van der Waals surface area contributed by atoms with E-state index in [9.17, 15) is 0 Å². The van der Waals surface area contributed by atoms with Gasteiger partial charge in [0, 0.05) is 12.2 Å². The van der Waals surface area contributed by atoms with Crippen molar-refractivity contribution in [2.75, 3.05) is 0 Å². The van der Waals surface area contributed by atoms with Gasteiger partial charge >= 0.3 is 0 Å². The molecule has 0 spiro atoms. The molecule has 0 aromatic heterocycles. The number of allylic oxidation sites excluding steroid dienone is 1. The summed E-state index contributed by atoms with van der Waals surface area (Å²) in [7, 11) is -3.09. The lowest BCUT2D eigenvalue weighted by atomic mass is 9.47. The van der Waals surface area contributed by atoms with E-state index >= 15 is 0 Å². The number of rotatable bonds is 11. The highest BCUT2D eigenvalue weighted by molar-refractivity contribution is 6.74. The Balaban J connectivity index is 1.49. The first kappa shape index (κ1) is 30.1. The van der Waals surface area contributed by atoms with Crippen molar-refractivity contribution in [3.05, 3.63) is 11.6 Å². The molecule has 0 amide bonds. The molecule has 2 nitrogen and oxygen atoms in total. The number of fused-ring (bicyclic) bond motifs is 5. The Morgan fingerprint density at radius 2 is 1.43 bits per heavy atom. The van der Waals surface area contributed by atoms with Gasteiger partial charge in [0.25, 0.3) is 0 Å². The van der Waals surface area contributed by atoms with Gasteiger partial charge in [0.05, 0.1) is 0 Å². The summed E-state index contributed by atoms with van der Waals surface area (Å²) in [6.45, 7) is 22.1. The van der Waals surface area contributed by atoms with E-state index in [1.54, 1.807) is 5.57 Å². The van der Waals surface area contributed by atoms with Crippen LogP contribution in [0.1, 0.15) is 114 Å². The topological polar surface area (TPSA) is 18.5 Å². The molecular weight excluding hydrogens is 485 g/mol. The van der Waals surface area contributed by atoms with E-state index in [2.05, 4.69) is 68.4 Å². The van der Waals surface area contributed by atoms with Crippen LogP contribution in [0.2, 0.25) is 36.3 Å². The molecule has 4 heteroatoms. The monoisotopic (exact) mass is 546 g/mol. The van der Waals surface area contributed by atoms with Gasteiger partial charge in [-0.3, -0.25) is 0 Å². The van der Waals surface area contributed by atoms with E-state index in [1.807, 2.05) is 0 Å². The van der Waals surface area contributed by atoms with Gasteiger partial charge in [0.15, 0.2) is 16.6 Å². The van der Waals surface area contributed by atoms with Crippen LogP contribution in [-0.2, 0) is 8.85 Å². The van der Waals surface area contributed by atoms with Gasteiger partial charge in [-0.05, 0) is 129 Å². The molecule has 0 saturated heterocycles. The Hall–Kier alpha value is 0.0938. The third-order valence-corrected chi connectivity index (χ3v) is 22.9. The van der Waals surface area contributed by atoms with E-state index in [0.717, 1.165) is 23.7 Å². The second-order valence-electron chi connectivity index (χ2n) is 14.3. The predicted molar refractivity (Wildman–Crippen MR) is 165 cm³/mol. The first-order valence-electron chi connectivity index (χ1n) is 16.6. The molecule has 0 N–H and O–H groups in total. The van der Waals surface area contributed by atoms with Crippen molar-refractivity contribution in [2.45, 2.75) is 162 Å². The summed E-state index contributed by atoms with van der Waals surface area (Å²) in [6.07, 6.45) is 14.6. The molecule has 214 valence electrons. The fourth-order valence-corrected chi connectivity index (χ4v) is 16.2. The normalized spacial score (nSPS) is 38.9. The number of hydrogen-bond acceptors (Lipinski definition) is 2. The predicted octanol–water partition coefficient (Wildman–Crippen LogP) is 10.4. The quantitative estimate of drug-likeness (QED) is 0.189. The molecule has 0 bridgehead atoms. The van der Waals surface area contributed by atoms with E-state index in [1.165, 1.54) is 87.6 Å². The van der Waals surface area contributed by atoms with Crippen molar-refractivity contribution in [1.29, 1.82) is 0 Å². The van der Waals surface area contributed by atoms with Gasteiger partial charge in [0.1, 0.15) is 0 Å². The standard InChI is InChI=1S/C33H62O2Si2/c1-10-36(11-2,12-3)34-25(7)29-18-19-30-28-17-16-26-24-27(35-37(13-4,14-5)15-6)20-22-32(26,8)31(28)21-23-33(29,30)9/h16,25,27-31H,10-15,17-24H2,1-9H3. The van der Waals surface area contributed by atoms with Crippen molar-refractivity contribution in [3.8, 4) is 0 Å². The fourth-order valence-electron chi connectivity index (χ4n) is 10.4. The molecule has 0 aliphatic heterocycles. The Labute approximate surface area is 233 Å². The van der Waals surface area contributed by atoms with Gasteiger partial charge in [-0.1, -0.05) is 67.0 Å². The third-order valence-electron chi connectivity index (χ3n) is 13.4. The fraction of sp³-hybridized carbons (Fsp3) is 0.939. The highest BCUT2D eigenvalue weighted by atomic mass is 28.4. The smallest absolute Gasteiger partial charge is 0.192 e. The number of hydrogen-bond donors (Lipinski definition) is 0. The van der Waals surface area contributed by atoms with Crippen molar-refractivity contribution in [1.82, 2.24) is 0 Å². The minimum atomic E-state index is -1.56. The molecule has 3 saturated carbocycles. The van der Waals surface area contributed by atoms with Gasteiger partial charge < -0.3 is 8.85 Å². The maximum Gasteiger partial charge on any atom is 0.192 e. The Morgan fingerprint density at radius 3 is 2.03 bits per heavy atom. The van der Waals surface area contributed by atoms with Gasteiger partial charge in [-0.15, -0.1) is 0 Å². The highest BCUT2D eigenvalue weighted by Gasteiger charge is 2.60. The zero-order valence-electron chi connectivity index (χ0n) is 26.3. The lowest BCUT2D eigenvalue weighted by Crippen LogP contribution is -2.52. The van der Waals surface area contributed by atoms with Crippen LogP contribution in [0.4, 0.5) is 0 Å². The molecule has 0 radical (unpaired) electrons. The van der Waals surface area contributed by atoms with Crippen LogP contribution in [0.15, 0.2) is 11.6 Å². The van der Waals surface area contributed by atoms with E-state index < -0.39 is 16.6 Å². The van der Waals surface area contributed by atoms with Crippen molar-refractivity contribution < 1.29 is 8.85 Å². The van der Waals surface area contributed by atoms with Gasteiger partial charge in [-0.2, -0.15) is 0 Å². The van der Waals surface area contributed by atoms with Gasteiger partial charge in [-0.25, -0.2) is 0 Å². The van der Waals surface area contributed by atoms with Crippen molar-refractivity contribution in [2.24, 2.45) is 34.5 Å². The molecule has 4 aliphatic rings. The average molecular weight is 547 g/mol. The molecule has 0 heterocycles. The molecule has 8 atom stereocenters. The summed E-state index contributed by atoms with van der Waals surface area (Å²) >= 11 is 0. The maximum absolute atomic E-state index is 7.12. The average Bonchev–Trinajstić information content (AvgIpc) is 3.28. The summed E-state index contributed by atoms with van der Waals surface area (Å²) in [5.41, 5.74) is 2.69. The van der Waals surface area contributed by atoms with Crippen LogP contribution in [0, 0.1) is 34.5 Å². The molecule has 4 aliphatic carbocycles. The van der Waals surface area contributed by atoms with Crippen molar-refractivity contribution in [3.63, 3.8) is 0 Å². The van der Waals surface area contributed by atoms with Crippen LogP contribution < -0.4 is 0 Å². The Kier molecular flexibility index (Phi) is 9.37. The van der Waals surface area contributed by atoms with E-state index in [-0.39, 0.29) is 0 Å². The van der Waals surface area contributed by atoms with Crippen LogP contribution >= 0.6 is 0 Å². The lowest BCUT2D eigenvalue weighted by Gasteiger charge is -2.59. The van der Waals surface area contributed by atoms with E-state index in [0.29, 0.717) is 23.0 Å². The third kappa shape index (κ3) is 5.17. The summed E-state index contributed by atoms with van der Waals surface area (Å²) < 4.78 is 14.2. The zero-order chi connectivity index (χ0) is 27.1. The second-order valence-corrected chi connectivity index (χ2v) is 23.7. The summed E-state index contributed by atoms with van der Waals surface area (Å²) in [5, 5.41) is 0. The molecule has 3 fully saturated rings. The summed E-state index contributed by atoms with van der Waals surface area (Å²) in [6, 6.07) is 7.66. The Morgan fingerprint density at radius 1 is 0.811 bits per heavy atom. The minimum absolute atomic E-state index is 0.424. The minimum Gasteiger partial charge on any atom is -0.414 e. The van der Waals surface area contributed by atoms with Crippen molar-refractivity contribution >= 4 is 16.6 Å². The molecule has 0 aromatic carbocycles. The largest absolute Gasteiger partial charge is 0.414 e. The first-order valence-corrected chi connectivity index (χ1v) is 21.7. The zero-order valence-corrected chi connectivity index (χ0v) is 28.3. The summed E-state index contributed by atoms with van der Waals surface area (Å²) in [5.74, 6) is 3.44. The maximum atomic E-state index is 7.12. The molecule has 8 unspecified atom stereocenters. The Bertz CT molecular complexity index is 786. The first-order chi connectivity index (χ1) is 17.6. The van der Waals surface area contributed by atoms with Crippen LogP contribution in [-0.4, -0.2) is 28.8 Å². The molecule has 37 heavy (non-hydrogen) atoms. The molecule has 4 rings (SSSR count). The second kappa shape index (κ2) is 11.5. The SMILES string of the molecule is CC[Si](CC)(CC)OC1CCC2(C)C(=CCC3C2CCC2(C)C(C(C)O[Si](CC)(CC)CC)CCC32)C1. The van der Waals surface area contributed by atoms with Crippen LogP contribution in [0.5, 0.6) is 0 Å². The van der Waals surface area contributed by atoms with E-state index in [4.69, 9.17) is 8.85 Å².